The number of carbonyl (C=O) groups excluding carboxylic acids is 1. The highest BCUT2D eigenvalue weighted by molar-refractivity contribution is 5.94. The molecule has 7 heteroatoms. The fourth-order valence-corrected chi connectivity index (χ4v) is 2.83. The Kier molecular flexibility index (Phi) is 5.61. The number of ether oxygens (including phenoxy) is 1. The van der Waals surface area contributed by atoms with E-state index in [2.05, 4.69) is 19.4 Å². The molecule has 0 aliphatic carbocycles. The molecule has 7 nitrogen and oxygen atoms in total. The van der Waals surface area contributed by atoms with Gasteiger partial charge in [0.15, 0.2) is 0 Å². The van der Waals surface area contributed by atoms with Crippen LogP contribution in [0.25, 0.3) is 17.1 Å². The van der Waals surface area contributed by atoms with Gasteiger partial charge in [0.25, 0.3) is 5.91 Å². The van der Waals surface area contributed by atoms with Crippen LogP contribution in [0.2, 0.25) is 0 Å². The van der Waals surface area contributed by atoms with Crippen molar-refractivity contribution in [1.82, 2.24) is 19.7 Å². The fraction of sp³-hybridized carbons (Fsp3) is 0.300. The Morgan fingerprint density at radius 3 is 2.56 bits per heavy atom. The van der Waals surface area contributed by atoms with Crippen molar-refractivity contribution in [2.45, 2.75) is 0 Å². The predicted octanol–water partition coefficient (Wildman–Crippen LogP) is 0.761. The highest BCUT2D eigenvalue weighted by Crippen LogP contribution is 2.23. The van der Waals surface area contributed by atoms with Gasteiger partial charge in [0.2, 0.25) is 0 Å². The second kappa shape index (κ2) is 8.09. The maximum atomic E-state index is 12.8. The van der Waals surface area contributed by atoms with Crippen molar-refractivity contribution in [3.05, 3.63) is 54.4 Å². The first-order valence-corrected chi connectivity index (χ1v) is 8.93. The van der Waals surface area contributed by atoms with E-state index in [1.807, 2.05) is 60.3 Å². The zero-order valence-corrected chi connectivity index (χ0v) is 16.2. The number of benzene rings is 1. The number of aryl methyl sites for hydroxylation is 1. The molecule has 0 fully saturated rings. The van der Waals surface area contributed by atoms with Crippen molar-refractivity contribution >= 4 is 5.91 Å². The van der Waals surface area contributed by atoms with Gasteiger partial charge in [-0.15, -0.1) is 0 Å². The second-order valence-electron chi connectivity index (χ2n) is 6.74. The molecule has 0 bridgehead atoms. The topological polar surface area (TPSA) is 65.5 Å². The van der Waals surface area contributed by atoms with Gasteiger partial charge in [-0.25, -0.2) is 4.68 Å². The molecule has 2 N–H and O–H groups in total. The summed E-state index contributed by atoms with van der Waals surface area (Å²) in [6.07, 6.45) is 1.96. The Balaban J connectivity index is 1.97. The van der Waals surface area contributed by atoms with Crippen LogP contribution in [0.4, 0.5) is 0 Å². The largest absolute Gasteiger partial charge is 0.497 e. The van der Waals surface area contributed by atoms with Gasteiger partial charge in [-0.2, -0.15) is 5.10 Å². The van der Waals surface area contributed by atoms with E-state index in [1.165, 1.54) is 4.90 Å². The second-order valence-corrected chi connectivity index (χ2v) is 6.74. The number of methoxy groups -OCH3 is 1. The van der Waals surface area contributed by atoms with Gasteiger partial charge in [0.05, 0.1) is 45.7 Å². The van der Waals surface area contributed by atoms with Gasteiger partial charge >= 0.3 is 0 Å². The van der Waals surface area contributed by atoms with Crippen molar-refractivity contribution in [1.29, 1.82) is 0 Å². The van der Waals surface area contributed by atoms with Crippen molar-refractivity contribution in [3.8, 4) is 22.8 Å². The summed E-state index contributed by atoms with van der Waals surface area (Å²) >= 11 is 0. The first-order valence-electron chi connectivity index (χ1n) is 8.93. The molecule has 0 atom stereocenters. The van der Waals surface area contributed by atoms with Crippen molar-refractivity contribution in [3.63, 3.8) is 0 Å². The fourth-order valence-electron chi connectivity index (χ4n) is 2.83. The van der Waals surface area contributed by atoms with Gasteiger partial charge in [0.1, 0.15) is 17.1 Å². The molecule has 2 heterocycles. The zero-order valence-electron chi connectivity index (χ0n) is 16.2. The number of carbonyl (C=O) groups is 1. The van der Waals surface area contributed by atoms with Crippen molar-refractivity contribution < 1.29 is 14.4 Å². The Labute approximate surface area is 159 Å². The van der Waals surface area contributed by atoms with Gasteiger partial charge < -0.3 is 19.5 Å². The number of amides is 1. The lowest BCUT2D eigenvalue weighted by Gasteiger charge is -2.10. The van der Waals surface area contributed by atoms with Crippen LogP contribution in [0.5, 0.6) is 5.75 Å². The first-order chi connectivity index (χ1) is 13.0. The third kappa shape index (κ3) is 4.20. The molecule has 2 aromatic heterocycles. The Morgan fingerprint density at radius 2 is 1.96 bits per heavy atom. The lowest BCUT2D eigenvalue weighted by Crippen LogP contribution is -3.06. The molecule has 0 spiro atoms. The Hall–Kier alpha value is -3.06. The highest BCUT2D eigenvalue weighted by atomic mass is 16.5. The summed E-state index contributed by atoms with van der Waals surface area (Å²) in [5.74, 6) is 0.619. The number of nitrogens with zero attached hydrogens (tertiary/aromatic N) is 3. The summed E-state index contributed by atoms with van der Waals surface area (Å²) in [5.41, 5.74) is 3.01. The van der Waals surface area contributed by atoms with E-state index in [0.29, 0.717) is 12.2 Å². The van der Waals surface area contributed by atoms with E-state index in [0.717, 1.165) is 29.4 Å². The minimum Gasteiger partial charge on any atom is -0.497 e. The van der Waals surface area contributed by atoms with E-state index >= 15 is 0 Å². The third-order valence-corrected chi connectivity index (χ3v) is 4.38. The number of aromatic nitrogens is 3. The summed E-state index contributed by atoms with van der Waals surface area (Å²) in [4.78, 5) is 14.1. The van der Waals surface area contributed by atoms with E-state index < -0.39 is 0 Å². The number of likely N-dealkylation sites (N-methyl/N-ethyl adjacent to an activating group) is 1. The number of hydrogen-bond acceptors (Lipinski definition) is 3. The average molecular weight is 368 g/mol. The van der Waals surface area contributed by atoms with Crippen LogP contribution in [-0.2, 0) is 7.05 Å². The molecule has 27 heavy (non-hydrogen) atoms. The maximum Gasteiger partial charge on any atom is 0.270 e. The lowest BCUT2D eigenvalue weighted by atomic mass is 10.2. The molecule has 0 saturated carbocycles. The van der Waals surface area contributed by atoms with Gasteiger partial charge in [-0.05, 0) is 42.5 Å². The average Bonchev–Trinajstić information content (AvgIpc) is 3.27. The molecule has 0 saturated heterocycles. The normalized spacial score (nSPS) is 11.0. The van der Waals surface area contributed by atoms with Crippen LogP contribution in [0, 0.1) is 0 Å². The van der Waals surface area contributed by atoms with Gasteiger partial charge in [-0.1, -0.05) is 0 Å². The zero-order chi connectivity index (χ0) is 19.4. The smallest absolute Gasteiger partial charge is 0.270 e. The third-order valence-electron chi connectivity index (χ3n) is 4.38. The molecule has 3 rings (SSSR count). The van der Waals surface area contributed by atoms with E-state index in [-0.39, 0.29) is 5.91 Å². The number of rotatable bonds is 7. The maximum absolute atomic E-state index is 12.8. The Bertz CT molecular complexity index is 909. The SMILES string of the molecule is COc1ccc(-n2nc(-c3cccn3C)cc2C(=O)NCC[NH+](C)C)cc1. The molecule has 0 aliphatic heterocycles. The summed E-state index contributed by atoms with van der Waals surface area (Å²) in [7, 11) is 7.70. The van der Waals surface area contributed by atoms with E-state index in [9.17, 15) is 4.79 Å². The lowest BCUT2D eigenvalue weighted by molar-refractivity contribution is -0.856. The molecule has 142 valence electrons. The quantitative estimate of drug-likeness (QED) is 0.647. The molecule has 0 unspecified atom stereocenters. The number of hydrogen-bond donors (Lipinski definition) is 2. The minimum atomic E-state index is -0.139. The van der Waals surface area contributed by atoms with Crippen LogP contribution in [0.15, 0.2) is 48.7 Å². The van der Waals surface area contributed by atoms with Crippen LogP contribution < -0.4 is 15.0 Å². The summed E-state index contributed by atoms with van der Waals surface area (Å²) in [5, 5.41) is 7.68. The van der Waals surface area contributed by atoms with Crippen LogP contribution in [-0.4, -0.2) is 54.5 Å². The monoisotopic (exact) mass is 368 g/mol. The van der Waals surface area contributed by atoms with Crippen molar-refractivity contribution in [2.24, 2.45) is 7.05 Å². The molecule has 3 aromatic rings. The molecule has 0 radical (unpaired) electrons. The summed E-state index contributed by atoms with van der Waals surface area (Å²) in [6, 6.07) is 13.3. The van der Waals surface area contributed by atoms with E-state index in [4.69, 9.17) is 9.84 Å². The molecular formula is C20H26N5O2+. The molecular weight excluding hydrogens is 342 g/mol. The number of quaternary nitrogens is 1. The first kappa shape index (κ1) is 18.7. The summed E-state index contributed by atoms with van der Waals surface area (Å²) in [6.45, 7) is 1.46. The number of nitrogens with one attached hydrogen (secondary N) is 2. The highest BCUT2D eigenvalue weighted by Gasteiger charge is 2.18. The van der Waals surface area contributed by atoms with Crippen molar-refractivity contribution in [2.75, 3.05) is 34.3 Å². The van der Waals surface area contributed by atoms with Crippen LogP contribution in [0.1, 0.15) is 10.5 Å². The summed E-state index contributed by atoms with van der Waals surface area (Å²) < 4.78 is 8.89. The molecule has 1 amide bonds. The standard InChI is InChI=1S/C20H25N5O2/c1-23(2)13-11-21-20(26)19-14-17(18-6-5-12-24(18)3)22-25(19)15-7-9-16(27-4)10-8-15/h5-10,12,14H,11,13H2,1-4H3,(H,21,26)/p+1. The van der Waals surface area contributed by atoms with E-state index in [1.54, 1.807) is 11.8 Å². The van der Waals surface area contributed by atoms with Gasteiger partial charge in [-0.3, -0.25) is 4.79 Å². The molecule has 1 aromatic carbocycles. The molecule has 0 aliphatic rings. The Morgan fingerprint density at radius 1 is 1.22 bits per heavy atom. The van der Waals surface area contributed by atoms with Crippen LogP contribution >= 0.6 is 0 Å². The van der Waals surface area contributed by atoms with Gasteiger partial charge in [0, 0.05) is 13.2 Å². The minimum absolute atomic E-state index is 0.139. The van der Waals surface area contributed by atoms with Crippen LogP contribution in [0.3, 0.4) is 0 Å². The predicted molar refractivity (Wildman–Crippen MR) is 105 cm³/mol.